The summed E-state index contributed by atoms with van der Waals surface area (Å²) in [6.07, 6.45) is 0. The number of fused-ring (bicyclic) bond motifs is 1. The summed E-state index contributed by atoms with van der Waals surface area (Å²) in [5.74, 6) is -0.691. The topological polar surface area (TPSA) is 103 Å². The molecule has 0 aliphatic carbocycles. The van der Waals surface area contributed by atoms with Gasteiger partial charge in [-0.25, -0.2) is 14.4 Å². The second-order valence-electron chi connectivity index (χ2n) is 6.58. The molecule has 0 aromatic heterocycles. The zero-order valence-electron chi connectivity index (χ0n) is 17.1. The van der Waals surface area contributed by atoms with Gasteiger partial charge in [0.2, 0.25) is 0 Å². The van der Waals surface area contributed by atoms with Gasteiger partial charge in [-0.3, -0.25) is 0 Å². The van der Waals surface area contributed by atoms with Crippen LogP contribution in [0.4, 0.5) is 4.79 Å². The molecule has 8 heteroatoms. The summed E-state index contributed by atoms with van der Waals surface area (Å²) in [5, 5.41) is 7.08. The van der Waals surface area contributed by atoms with Gasteiger partial charge in [-0.05, 0) is 37.6 Å². The van der Waals surface area contributed by atoms with Crippen LogP contribution in [0.25, 0.3) is 10.8 Å². The quantitative estimate of drug-likeness (QED) is 0.678. The van der Waals surface area contributed by atoms with Gasteiger partial charge in [-0.15, -0.1) is 0 Å². The highest BCUT2D eigenvalue weighted by Crippen LogP contribution is 2.38. The zero-order chi connectivity index (χ0) is 21.7. The number of hydrogen-bond donors (Lipinski definition) is 2. The van der Waals surface area contributed by atoms with E-state index < -0.39 is 24.0 Å². The van der Waals surface area contributed by atoms with Crippen LogP contribution in [-0.2, 0) is 19.1 Å². The van der Waals surface area contributed by atoms with Crippen LogP contribution in [0.1, 0.15) is 32.4 Å². The van der Waals surface area contributed by atoms with E-state index in [1.165, 1.54) is 0 Å². The van der Waals surface area contributed by atoms with Crippen molar-refractivity contribution in [2.75, 3.05) is 19.8 Å². The van der Waals surface area contributed by atoms with Crippen LogP contribution in [0.5, 0.6) is 5.75 Å². The smallest absolute Gasteiger partial charge is 0.344 e. The van der Waals surface area contributed by atoms with Crippen LogP contribution in [0.3, 0.4) is 0 Å². The first-order valence-electron chi connectivity index (χ1n) is 9.71. The zero-order valence-corrected chi connectivity index (χ0v) is 17.1. The van der Waals surface area contributed by atoms with Crippen molar-refractivity contribution in [3.63, 3.8) is 0 Å². The van der Waals surface area contributed by atoms with Crippen LogP contribution in [0.2, 0.25) is 0 Å². The van der Waals surface area contributed by atoms with Crippen LogP contribution in [0.15, 0.2) is 47.7 Å². The second-order valence-corrected chi connectivity index (χ2v) is 6.58. The maximum Gasteiger partial charge on any atom is 0.344 e. The SMILES string of the molecule is CCOC(=O)COc1ccc2ccccc2c1[C@@H]1NC(=O)NC(C)=C1C(=O)OCC. The first kappa shape index (κ1) is 21.2. The van der Waals surface area contributed by atoms with E-state index in [1.807, 2.05) is 30.3 Å². The third kappa shape index (κ3) is 4.37. The van der Waals surface area contributed by atoms with Crippen LogP contribution in [-0.4, -0.2) is 37.8 Å². The fraction of sp³-hybridized carbons (Fsp3) is 0.318. The third-order valence-corrected chi connectivity index (χ3v) is 4.63. The molecule has 0 saturated carbocycles. The monoisotopic (exact) mass is 412 g/mol. The molecule has 2 amide bonds. The van der Waals surface area contributed by atoms with Crippen LogP contribution >= 0.6 is 0 Å². The molecule has 1 atom stereocenters. The summed E-state index contributed by atoms with van der Waals surface area (Å²) >= 11 is 0. The normalized spacial score (nSPS) is 16.0. The maximum atomic E-state index is 12.7. The molecule has 3 rings (SSSR count). The number of allylic oxidation sites excluding steroid dienone is 1. The highest BCUT2D eigenvalue weighted by Gasteiger charge is 2.35. The average Bonchev–Trinajstić information content (AvgIpc) is 2.71. The molecule has 0 spiro atoms. The van der Waals surface area contributed by atoms with E-state index in [4.69, 9.17) is 14.2 Å². The van der Waals surface area contributed by atoms with Crippen molar-refractivity contribution >= 4 is 28.7 Å². The average molecular weight is 412 g/mol. The Bertz CT molecular complexity index is 1010. The maximum absolute atomic E-state index is 12.7. The van der Waals surface area contributed by atoms with Gasteiger partial charge < -0.3 is 24.8 Å². The molecule has 2 aromatic rings. The highest BCUT2D eigenvalue weighted by atomic mass is 16.6. The predicted molar refractivity (Wildman–Crippen MR) is 110 cm³/mol. The molecule has 0 unspecified atom stereocenters. The number of nitrogens with one attached hydrogen (secondary N) is 2. The Labute approximate surface area is 174 Å². The van der Waals surface area contributed by atoms with Crippen molar-refractivity contribution in [3.8, 4) is 5.75 Å². The first-order chi connectivity index (χ1) is 14.5. The largest absolute Gasteiger partial charge is 0.482 e. The van der Waals surface area contributed by atoms with E-state index >= 15 is 0 Å². The number of carbonyl (C=O) groups excluding carboxylic acids is 3. The number of hydrogen-bond acceptors (Lipinski definition) is 6. The minimum absolute atomic E-state index is 0.192. The molecule has 158 valence electrons. The number of ether oxygens (including phenoxy) is 3. The summed E-state index contributed by atoms with van der Waals surface area (Å²) in [7, 11) is 0. The highest BCUT2D eigenvalue weighted by molar-refractivity contribution is 5.98. The Balaban J connectivity index is 2.14. The van der Waals surface area contributed by atoms with E-state index in [9.17, 15) is 14.4 Å². The van der Waals surface area contributed by atoms with Crippen LogP contribution in [0, 0.1) is 0 Å². The molecule has 1 aliphatic heterocycles. The molecule has 0 saturated heterocycles. The summed E-state index contributed by atoms with van der Waals surface area (Å²) in [6, 6.07) is 9.82. The molecule has 1 aliphatic rings. The molecular weight excluding hydrogens is 388 g/mol. The molecule has 8 nitrogen and oxygen atoms in total. The number of carbonyl (C=O) groups is 3. The van der Waals surface area contributed by atoms with E-state index in [0.717, 1.165) is 10.8 Å². The summed E-state index contributed by atoms with van der Waals surface area (Å²) < 4.78 is 15.9. The van der Waals surface area contributed by atoms with Gasteiger partial charge in [0.15, 0.2) is 6.61 Å². The molecule has 0 bridgehead atoms. The van der Waals surface area contributed by atoms with Crippen molar-refractivity contribution in [3.05, 3.63) is 53.2 Å². The van der Waals surface area contributed by atoms with Gasteiger partial charge in [0.1, 0.15) is 5.75 Å². The molecular formula is C22H24N2O6. The fourth-order valence-corrected chi connectivity index (χ4v) is 3.43. The van der Waals surface area contributed by atoms with Crippen molar-refractivity contribution < 1.29 is 28.6 Å². The van der Waals surface area contributed by atoms with E-state index in [1.54, 1.807) is 26.8 Å². The van der Waals surface area contributed by atoms with Gasteiger partial charge >= 0.3 is 18.0 Å². The Morgan fingerprint density at radius 1 is 1.03 bits per heavy atom. The number of benzene rings is 2. The predicted octanol–water partition coefficient (Wildman–Crippen LogP) is 2.97. The summed E-state index contributed by atoms with van der Waals surface area (Å²) in [5.41, 5.74) is 1.23. The lowest BCUT2D eigenvalue weighted by molar-refractivity contribution is -0.145. The standard InChI is InChI=1S/C22H24N2O6/c1-4-28-17(25)12-30-16-11-10-14-8-6-7-9-15(14)19(16)20-18(21(26)29-5-2)13(3)23-22(27)24-20/h6-11,20H,4-5,12H2,1-3H3,(H2,23,24,27)/t20-/m1/s1. The van der Waals surface area contributed by atoms with Gasteiger partial charge in [0.05, 0.1) is 24.8 Å². The number of rotatable bonds is 7. The molecule has 1 heterocycles. The lowest BCUT2D eigenvalue weighted by Gasteiger charge is -2.30. The van der Waals surface area contributed by atoms with Gasteiger partial charge in [-0.1, -0.05) is 30.3 Å². The molecule has 0 radical (unpaired) electrons. The summed E-state index contributed by atoms with van der Waals surface area (Å²) in [4.78, 5) is 36.8. The Morgan fingerprint density at radius 3 is 2.50 bits per heavy atom. The first-order valence-corrected chi connectivity index (χ1v) is 9.71. The number of esters is 2. The van der Waals surface area contributed by atoms with Crippen molar-refractivity contribution in [2.45, 2.75) is 26.8 Å². The molecule has 2 aromatic carbocycles. The lowest BCUT2D eigenvalue weighted by atomic mass is 9.90. The Morgan fingerprint density at radius 2 is 1.77 bits per heavy atom. The van der Waals surface area contributed by atoms with E-state index in [0.29, 0.717) is 17.0 Å². The van der Waals surface area contributed by atoms with Crippen molar-refractivity contribution in [1.82, 2.24) is 10.6 Å². The fourth-order valence-electron chi connectivity index (χ4n) is 3.43. The van der Waals surface area contributed by atoms with Crippen molar-refractivity contribution in [2.24, 2.45) is 0 Å². The van der Waals surface area contributed by atoms with Gasteiger partial charge in [0, 0.05) is 11.3 Å². The minimum atomic E-state index is -0.818. The molecule has 30 heavy (non-hydrogen) atoms. The van der Waals surface area contributed by atoms with E-state index in [-0.39, 0.29) is 25.4 Å². The number of amides is 2. The minimum Gasteiger partial charge on any atom is -0.482 e. The van der Waals surface area contributed by atoms with E-state index in [2.05, 4.69) is 10.6 Å². The lowest BCUT2D eigenvalue weighted by Crippen LogP contribution is -2.45. The van der Waals surface area contributed by atoms with Gasteiger partial charge in [0.25, 0.3) is 0 Å². The van der Waals surface area contributed by atoms with Crippen molar-refractivity contribution in [1.29, 1.82) is 0 Å². The van der Waals surface area contributed by atoms with Crippen LogP contribution < -0.4 is 15.4 Å². The summed E-state index contributed by atoms with van der Waals surface area (Å²) in [6.45, 7) is 5.20. The molecule has 2 N–H and O–H groups in total. The number of urea groups is 1. The third-order valence-electron chi connectivity index (χ3n) is 4.63. The molecule has 0 fully saturated rings. The Hall–Kier alpha value is -3.55. The Kier molecular flexibility index (Phi) is 6.56. The van der Waals surface area contributed by atoms with Gasteiger partial charge in [-0.2, -0.15) is 0 Å². The second kappa shape index (κ2) is 9.30.